The van der Waals surface area contributed by atoms with Crippen LogP contribution >= 0.6 is 23.4 Å². The van der Waals surface area contributed by atoms with E-state index >= 15 is 0 Å². The van der Waals surface area contributed by atoms with Gasteiger partial charge < -0.3 is 9.15 Å². The molecular weight excluding hydrogens is 482 g/mol. The van der Waals surface area contributed by atoms with Crippen molar-refractivity contribution in [2.45, 2.75) is 11.8 Å². The van der Waals surface area contributed by atoms with Crippen molar-refractivity contribution in [1.29, 1.82) is 0 Å². The number of ketones is 1. The molecule has 35 heavy (non-hydrogen) atoms. The van der Waals surface area contributed by atoms with Gasteiger partial charge in [0, 0.05) is 10.6 Å². The molecule has 6 nitrogen and oxygen atoms in total. The van der Waals surface area contributed by atoms with E-state index in [9.17, 15) is 4.79 Å². The molecule has 0 N–H and O–H groups in total. The summed E-state index contributed by atoms with van der Waals surface area (Å²) in [6, 6.07) is 28.1. The Morgan fingerprint density at radius 2 is 1.69 bits per heavy atom. The molecule has 0 bridgehead atoms. The molecule has 3 aromatic carbocycles. The van der Waals surface area contributed by atoms with Crippen LogP contribution in [0.2, 0.25) is 5.02 Å². The molecule has 0 aliphatic rings. The van der Waals surface area contributed by atoms with E-state index in [4.69, 9.17) is 20.8 Å². The van der Waals surface area contributed by atoms with Crippen LogP contribution in [-0.4, -0.2) is 26.3 Å². The number of furan rings is 1. The smallest absolute Gasteiger partial charge is 0.205 e. The van der Waals surface area contributed by atoms with Crippen LogP contribution in [0.1, 0.15) is 15.9 Å². The topological polar surface area (TPSA) is 70.2 Å². The molecule has 0 radical (unpaired) electrons. The summed E-state index contributed by atoms with van der Waals surface area (Å²) in [5.41, 5.74) is 2.52. The molecule has 0 saturated carbocycles. The minimum Gasteiger partial charge on any atom is -0.489 e. The first kappa shape index (κ1) is 23.0. The molecule has 174 valence electrons. The van der Waals surface area contributed by atoms with Gasteiger partial charge in [-0.15, -0.1) is 10.2 Å². The summed E-state index contributed by atoms with van der Waals surface area (Å²) in [5.74, 6) is 2.06. The predicted molar refractivity (Wildman–Crippen MR) is 136 cm³/mol. The standard InChI is InChI=1S/C27H20ClN3O3S/c28-21-10-8-20(9-11-21)24(32)18-35-27-30-29-26(25-7-4-16-33-25)31(27)22-12-14-23(15-13-22)34-17-19-5-2-1-3-6-19/h1-16H,17-18H2. The Labute approximate surface area is 211 Å². The number of ether oxygens (including phenoxy) is 1. The van der Waals surface area contributed by atoms with E-state index in [1.165, 1.54) is 11.8 Å². The Bertz CT molecular complexity index is 1400. The van der Waals surface area contributed by atoms with Crippen molar-refractivity contribution in [2.75, 3.05) is 5.75 Å². The number of hydrogen-bond donors (Lipinski definition) is 0. The van der Waals surface area contributed by atoms with E-state index in [1.54, 1.807) is 36.6 Å². The van der Waals surface area contributed by atoms with Crippen LogP contribution in [0.3, 0.4) is 0 Å². The van der Waals surface area contributed by atoms with E-state index in [2.05, 4.69) is 10.2 Å². The number of Topliss-reactive ketones (excluding diaryl/α,β-unsaturated/α-hetero) is 1. The van der Waals surface area contributed by atoms with Gasteiger partial charge in [-0.3, -0.25) is 9.36 Å². The van der Waals surface area contributed by atoms with Gasteiger partial charge in [-0.1, -0.05) is 53.7 Å². The largest absolute Gasteiger partial charge is 0.489 e. The average Bonchev–Trinajstić information content (AvgIpc) is 3.57. The Balaban J connectivity index is 1.37. The van der Waals surface area contributed by atoms with E-state index < -0.39 is 0 Å². The number of halogens is 1. The van der Waals surface area contributed by atoms with Crippen LogP contribution in [0.5, 0.6) is 5.75 Å². The highest BCUT2D eigenvalue weighted by atomic mass is 35.5. The summed E-state index contributed by atoms with van der Waals surface area (Å²) in [6.45, 7) is 0.484. The Morgan fingerprint density at radius 3 is 2.40 bits per heavy atom. The quantitative estimate of drug-likeness (QED) is 0.165. The van der Waals surface area contributed by atoms with Gasteiger partial charge in [0.15, 0.2) is 16.7 Å². The van der Waals surface area contributed by atoms with Gasteiger partial charge >= 0.3 is 0 Å². The molecule has 0 saturated heterocycles. The van der Waals surface area contributed by atoms with Gasteiger partial charge in [0.1, 0.15) is 12.4 Å². The van der Waals surface area contributed by atoms with Gasteiger partial charge in [-0.25, -0.2) is 0 Å². The number of thioether (sulfide) groups is 1. The number of carbonyl (C=O) groups is 1. The number of carbonyl (C=O) groups excluding carboxylic acids is 1. The molecule has 8 heteroatoms. The fourth-order valence-corrected chi connectivity index (χ4v) is 4.42. The second-order valence-corrected chi connectivity index (χ2v) is 8.98. The molecule has 0 aliphatic carbocycles. The molecule has 0 aliphatic heterocycles. The minimum absolute atomic E-state index is 0.0228. The number of aromatic nitrogens is 3. The molecule has 0 fully saturated rings. The van der Waals surface area contributed by atoms with E-state index in [0.29, 0.717) is 33.9 Å². The maximum Gasteiger partial charge on any atom is 0.205 e. The van der Waals surface area contributed by atoms with Crippen LogP contribution in [0.4, 0.5) is 0 Å². The second kappa shape index (κ2) is 10.6. The van der Waals surface area contributed by atoms with Gasteiger partial charge in [0.2, 0.25) is 5.82 Å². The molecule has 0 atom stereocenters. The van der Waals surface area contributed by atoms with Gasteiger partial charge in [-0.2, -0.15) is 0 Å². The van der Waals surface area contributed by atoms with Crippen molar-refractivity contribution in [1.82, 2.24) is 14.8 Å². The molecule has 5 aromatic rings. The second-order valence-electron chi connectivity index (χ2n) is 7.61. The lowest BCUT2D eigenvalue weighted by Crippen LogP contribution is -2.05. The fourth-order valence-electron chi connectivity index (χ4n) is 3.44. The number of rotatable bonds is 9. The third-order valence-electron chi connectivity index (χ3n) is 5.22. The summed E-state index contributed by atoms with van der Waals surface area (Å²) in [7, 11) is 0. The highest BCUT2D eigenvalue weighted by molar-refractivity contribution is 7.99. The van der Waals surface area contributed by atoms with E-state index in [1.807, 2.05) is 65.2 Å². The van der Waals surface area contributed by atoms with Gasteiger partial charge in [0.05, 0.1) is 17.7 Å². The summed E-state index contributed by atoms with van der Waals surface area (Å²) >= 11 is 7.25. The first-order valence-corrected chi connectivity index (χ1v) is 12.2. The zero-order chi connectivity index (χ0) is 24.0. The summed E-state index contributed by atoms with van der Waals surface area (Å²) in [4.78, 5) is 12.7. The zero-order valence-electron chi connectivity index (χ0n) is 18.5. The van der Waals surface area contributed by atoms with Gasteiger partial charge in [-0.05, 0) is 66.2 Å². The van der Waals surface area contributed by atoms with Crippen LogP contribution in [0, 0.1) is 0 Å². The molecule has 5 rings (SSSR count). The Kier molecular flexibility index (Phi) is 6.97. The van der Waals surface area contributed by atoms with E-state index in [-0.39, 0.29) is 11.5 Å². The normalized spacial score (nSPS) is 10.9. The van der Waals surface area contributed by atoms with Crippen LogP contribution in [0.15, 0.2) is 107 Å². The van der Waals surface area contributed by atoms with Crippen molar-refractivity contribution in [2.24, 2.45) is 0 Å². The molecular formula is C27H20ClN3O3S. The zero-order valence-corrected chi connectivity index (χ0v) is 20.1. The van der Waals surface area contributed by atoms with Crippen molar-refractivity contribution >= 4 is 29.1 Å². The van der Waals surface area contributed by atoms with Crippen molar-refractivity contribution in [3.63, 3.8) is 0 Å². The maximum atomic E-state index is 12.7. The first-order valence-electron chi connectivity index (χ1n) is 10.9. The lowest BCUT2D eigenvalue weighted by Gasteiger charge is -2.11. The monoisotopic (exact) mass is 501 g/mol. The highest BCUT2D eigenvalue weighted by Crippen LogP contribution is 2.29. The van der Waals surface area contributed by atoms with Crippen molar-refractivity contribution < 1.29 is 13.9 Å². The van der Waals surface area contributed by atoms with Crippen molar-refractivity contribution in [3.05, 3.63) is 113 Å². The minimum atomic E-state index is -0.0228. The van der Waals surface area contributed by atoms with Crippen LogP contribution in [-0.2, 0) is 6.61 Å². The number of nitrogens with zero attached hydrogens (tertiary/aromatic N) is 3. The molecule has 0 spiro atoms. The van der Waals surface area contributed by atoms with E-state index in [0.717, 1.165) is 17.0 Å². The summed E-state index contributed by atoms with van der Waals surface area (Å²) in [6.07, 6.45) is 1.59. The van der Waals surface area contributed by atoms with Crippen molar-refractivity contribution in [3.8, 4) is 23.0 Å². The molecule has 0 amide bonds. The average molecular weight is 502 g/mol. The SMILES string of the molecule is O=C(CSc1nnc(-c2ccco2)n1-c1ccc(OCc2ccccc2)cc1)c1ccc(Cl)cc1. The van der Waals surface area contributed by atoms with Crippen LogP contribution < -0.4 is 4.74 Å². The highest BCUT2D eigenvalue weighted by Gasteiger charge is 2.19. The van der Waals surface area contributed by atoms with Gasteiger partial charge in [0.25, 0.3) is 0 Å². The molecule has 0 unspecified atom stereocenters. The predicted octanol–water partition coefficient (Wildman–Crippen LogP) is 6.73. The summed E-state index contributed by atoms with van der Waals surface area (Å²) in [5, 5.41) is 9.84. The third-order valence-corrected chi connectivity index (χ3v) is 6.40. The molecule has 2 heterocycles. The first-order chi connectivity index (χ1) is 17.2. The number of benzene rings is 3. The molecule has 2 aromatic heterocycles. The number of hydrogen-bond acceptors (Lipinski definition) is 6. The fraction of sp³-hybridized carbons (Fsp3) is 0.0741. The lowest BCUT2D eigenvalue weighted by atomic mass is 10.1. The third kappa shape index (κ3) is 5.48. The van der Waals surface area contributed by atoms with Crippen LogP contribution in [0.25, 0.3) is 17.3 Å². The Hall–Kier alpha value is -3.81. The maximum absolute atomic E-state index is 12.7. The Morgan fingerprint density at radius 1 is 0.914 bits per heavy atom. The lowest BCUT2D eigenvalue weighted by molar-refractivity contribution is 0.102. The summed E-state index contributed by atoms with van der Waals surface area (Å²) < 4.78 is 13.4.